The second-order valence-electron chi connectivity index (χ2n) is 15.9. The first-order valence-electron chi connectivity index (χ1n) is 20.6. The minimum Gasteiger partial charge on any atom is -0.307 e. The van der Waals surface area contributed by atoms with E-state index < -0.39 is 29.0 Å². The van der Waals surface area contributed by atoms with Gasteiger partial charge in [0, 0.05) is 27.1 Å². The van der Waals surface area contributed by atoms with Gasteiger partial charge in [-0.15, -0.1) is 0 Å². The lowest BCUT2D eigenvalue weighted by Gasteiger charge is -2.21. The maximum Gasteiger partial charge on any atom is 0.417 e. The monoisotopic (exact) mass is 897 g/mol. The lowest BCUT2D eigenvalue weighted by molar-refractivity contribution is -0.142. The number of benzene rings is 8. The molecule has 0 atom stereocenters. The van der Waals surface area contributed by atoms with Crippen LogP contribution in [0.5, 0.6) is 0 Å². The number of halogens is 6. The van der Waals surface area contributed by atoms with Crippen LogP contribution in [0.15, 0.2) is 152 Å². The molecule has 0 aliphatic heterocycles. The Kier molecular flexibility index (Phi) is 9.85. The SMILES string of the molecule is N#Cc1ccc(-c2ccc3c(c2)c2ccccc2n3-c2cc(C#N)c(-c3ccc(C(F)(F)F)cc3C(F)(F)F)cc2-n2c3ccccc3c3cc(-c4ccc(C#N)cc4C#N)ccc32)c(C#N)c1. The van der Waals surface area contributed by atoms with Crippen molar-refractivity contribution in [3.8, 4) is 75.1 Å². The van der Waals surface area contributed by atoms with Gasteiger partial charge in [0.15, 0.2) is 0 Å². The quantitative estimate of drug-likeness (QED) is 0.159. The first-order chi connectivity index (χ1) is 32.8. The maximum atomic E-state index is 15.0. The topological polar surface area (TPSA) is 129 Å². The predicted molar refractivity (Wildman–Crippen MR) is 245 cm³/mol. The van der Waals surface area contributed by atoms with Crippen LogP contribution in [0.2, 0.25) is 0 Å². The molecule has 0 saturated heterocycles. The average molecular weight is 898 g/mol. The van der Waals surface area contributed by atoms with Crippen molar-refractivity contribution >= 4 is 43.6 Å². The minimum atomic E-state index is -5.26. The molecule has 0 aliphatic rings. The second kappa shape index (κ2) is 15.8. The van der Waals surface area contributed by atoms with Crippen LogP contribution in [-0.2, 0) is 12.4 Å². The van der Waals surface area contributed by atoms with Crippen molar-refractivity contribution in [2.24, 2.45) is 0 Å². The van der Waals surface area contributed by atoms with E-state index in [-0.39, 0.29) is 34.0 Å². The fourth-order valence-corrected chi connectivity index (χ4v) is 9.16. The molecule has 68 heavy (non-hydrogen) atoms. The van der Waals surface area contributed by atoms with E-state index >= 15 is 0 Å². The molecular weight excluding hydrogens is 873 g/mol. The largest absolute Gasteiger partial charge is 0.417 e. The van der Waals surface area contributed by atoms with E-state index in [1.807, 2.05) is 81.9 Å². The molecule has 0 radical (unpaired) electrons. The summed E-state index contributed by atoms with van der Waals surface area (Å²) in [4.78, 5) is 0. The molecule has 0 bridgehead atoms. The number of hydrogen-bond acceptors (Lipinski definition) is 5. The summed E-state index contributed by atoms with van der Waals surface area (Å²) in [6, 6.07) is 50.0. The van der Waals surface area contributed by atoms with Gasteiger partial charge < -0.3 is 9.13 Å². The Hall–Kier alpha value is -9.61. The van der Waals surface area contributed by atoms with E-state index in [1.165, 1.54) is 24.3 Å². The molecular formula is C55H25F6N7. The molecule has 13 heteroatoms. The van der Waals surface area contributed by atoms with Gasteiger partial charge in [-0.3, -0.25) is 0 Å². The zero-order valence-corrected chi connectivity index (χ0v) is 34.8. The summed E-state index contributed by atoms with van der Waals surface area (Å²) in [5, 5.41) is 52.8. The molecule has 0 unspecified atom stereocenters. The number of aromatic nitrogens is 2. The predicted octanol–water partition coefficient (Wildman–Crippen LogP) is 14.3. The third-order valence-corrected chi connectivity index (χ3v) is 12.2. The number of rotatable bonds is 5. The van der Waals surface area contributed by atoms with Crippen LogP contribution in [-0.4, -0.2) is 9.13 Å². The Morgan fingerprint density at radius 3 is 1.25 bits per heavy atom. The van der Waals surface area contributed by atoms with Crippen molar-refractivity contribution in [3.05, 3.63) is 191 Å². The van der Waals surface area contributed by atoms with E-state index in [9.17, 15) is 52.7 Å². The molecule has 7 nitrogen and oxygen atoms in total. The van der Waals surface area contributed by atoms with Crippen LogP contribution in [0.1, 0.15) is 38.9 Å². The molecule has 0 N–H and O–H groups in total. The summed E-state index contributed by atoms with van der Waals surface area (Å²) < 4.78 is 90.5. The van der Waals surface area contributed by atoms with Crippen LogP contribution in [0, 0.1) is 56.7 Å². The average Bonchev–Trinajstić information content (AvgIpc) is 3.86. The summed E-state index contributed by atoms with van der Waals surface area (Å²) in [7, 11) is 0. The van der Waals surface area contributed by atoms with Crippen LogP contribution in [0.25, 0.3) is 88.4 Å². The molecule has 0 fully saturated rings. The van der Waals surface area contributed by atoms with Crippen molar-refractivity contribution < 1.29 is 26.3 Å². The van der Waals surface area contributed by atoms with Crippen LogP contribution >= 0.6 is 0 Å². The molecule has 10 rings (SSSR count). The summed E-state index contributed by atoms with van der Waals surface area (Å²) in [6.07, 6.45) is -10.4. The minimum absolute atomic E-state index is 0.0564. The summed E-state index contributed by atoms with van der Waals surface area (Å²) >= 11 is 0. The van der Waals surface area contributed by atoms with E-state index in [2.05, 4.69) is 18.2 Å². The fraction of sp³-hybridized carbons (Fsp3) is 0.0364. The first kappa shape index (κ1) is 42.3. The van der Waals surface area contributed by atoms with Crippen LogP contribution in [0.4, 0.5) is 26.3 Å². The van der Waals surface area contributed by atoms with E-state index in [0.29, 0.717) is 83.4 Å². The lowest BCUT2D eigenvalue weighted by atomic mass is 9.92. The normalized spacial score (nSPS) is 11.6. The molecule has 2 heterocycles. The number of para-hydroxylation sites is 2. The van der Waals surface area contributed by atoms with Gasteiger partial charge in [-0.25, -0.2) is 0 Å². The zero-order chi connectivity index (χ0) is 47.6. The molecule has 322 valence electrons. The van der Waals surface area contributed by atoms with E-state index in [0.717, 1.165) is 11.5 Å². The Morgan fingerprint density at radius 1 is 0.353 bits per heavy atom. The number of alkyl halides is 6. The third-order valence-electron chi connectivity index (χ3n) is 12.2. The molecule has 0 saturated carbocycles. The maximum absolute atomic E-state index is 15.0. The van der Waals surface area contributed by atoms with E-state index in [4.69, 9.17) is 0 Å². The highest BCUT2D eigenvalue weighted by Gasteiger charge is 2.39. The molecule has 0 spiro atoms. The van der Waals surface area contributed by atoms with Gasteiger partial charge in [-0.05, 0) is 113 Å². The van der Waals surface area contributed by atoms with Gasteiger partial charge in [0.25, 0.3) is 0 Å². The van der Waals surface area contributed by atoms with Crippen molar-refractivity contribution in [3.63, 3.8) is 0 Å². The molecule has 0 amide bonds. The van der Waals surface area contributed by atoms with E-state index in [1.54, 1.807) is 48.5 Å². The Morgan fingerprint density at radius 2 is 0.794 bits per heavy atom. The first-order valence-corrected chi connectivity index (χ1v) is 20.6. The second-order valence-corrected chi connectivity index (χ2v) is 15.9. The van der Waals surface area contributed by atoms with Gasteiger partial charge in [0.1, 0.15) is 0 Å². The lowest BCUT2D eigenvalue weighted by Crippen LogP contribution is -2.13. The zero-order valence-electron chi connectivity index (χ0n) is 34.8. The van der Waals surface area contributed by atoms with Crippen molar-refractivity contribution in [1.29, 1.82) is 26.3 Å². The van der Waals surface area contributed by atoms with Gasteiger partial charge in [-0.2, -0.15) is 52.7 Å². The van der Waals surface area contributed by atoms with Gasteiger partial charge in [-0.1, -0.05) is 66.7 Å². The van der Waals surface area contributed by atoms with Gasteiger partial charge in [0.2, 0.25) is 0 Å². The summed E-state index contributed by atoms with van der Waals surface area (Å²) in [5.41, 5.74) is 2.38. The molecule has 2 aromatic heterocycles. The Labute approximate surface area is 382 Å². The number of hydrogen-bond donors (Lipinski definition) is 0. The summed E-state index contributed by atoms with van der Waals surface area (Å²) in [5.74, 6) is 0. The number of nitriles is 5. The van der Waals surface area contributed by atoms with Crippen molar-refractivity contribution in [2.45, 2.75) is 12.4 Å². The highest BCUT2D eigenvalue weighted by Crippen LogP contribution is 2.46. The van der Waals surface area contributed by atoms with Gasteiger partial charge in [0.05, 0.1) is 103 Å². The molecule has 8 aromatic carbocycles. The standard InChI is InChI=1S/C55H25F6N7/c56-54(57,58)38-13-16-41(47(24-38)55(59,60)61)44-25-53(68-49-8-4-2-6-43(49)46-22-34(12-18-51(46)68)40-15-10-32(27-63)20-36(40)29-65)52(23-37(44)30-66)67-48-7-3-1-5-42(48)45-21-33(11-17-50(45)67)39-14-9-31(26-62)19-35(39)28-64/h1-25H. The van der Waals surface area contributed by atoms with Gasteiger partial charge >= 0.3 is 12.4 Å². The van der Waals surface area contributed by atoms with Crippen LogP contribution in [0.3, 0.4) is 0 Å². The van der Waals surface area contributed by atoms with Crippen molar-refractivity contribution in [2.75, 3.05) is 0 Å². The van der Waals surface area contributed by atoms with Crippen LogP contribution < -0.4 is 0 Å². The highest BCUT2D eigenvalue weighted by molar-refractivity contribution is 6.13. The summed E-state index contributed by atoms with van der Waals surface area (Å²) in [6.45, 7) is 0. The Bertz CT molecular complexity index is 4020. The van der Waals surface area contributed by atoms with Crippen molar-refractivity contribution in [1.82, 2.24) is 9.13 Å². The Balaban J connectivity index is 1.32. The highest BCUT2D eigenvalue weighted by atomic mass is 19.4. The number of nitrogens with zero attached hydrogens (tertiary/aromatic N) is 7. The third kappa shape index (κ3) is 6.81. The smallest absolute Gasteiger partial charge is 0.307 e. The molecule has 0 aliphatic carbocycles. The fourth-order valence-electron chi connectivity index (χ4n) is 9.16. The molecule has 10 aromatic rings. The number of fused-ring (bicyclic) bond motifs is 6.